The number of aliphatic imine (C=N–C) groups is 1. The van der Waals surface area contributed by atoms with Gasteiger partial charge in [0, 0.05) is 12.8 Å². The first-order valence-electron chi connectivity index (χ1n) is 6.08. The summed E-state index contributed by atoms with van der Waals surface area (Å²) >= 11 is 0. The zero-order valence-corrected chi connectivity index (χ0v) is 10.5. The zero-order valence-electron chi connectivity index (χ0n) is 10.5. The van der Waals surface area contributed by atoms with Gasteiger partial charge in [0.15, 0.2) is 0 Å². The summed E-state index contributed by atoms with van der Waals surface area (Å²) < 4.78 is 0. The van der Waals surface area contributed by atoms with Crippen LogP contribution in [-0.2, 0) is 6.42 Å². The molecular weight excluding hydrogens is 222 g/mol. The Bertz CT molecular complexity index is 512. The van der Waals surface area contributed by atoms with Crippen molar-refractivity contribution in [2.45, 2.75) is 13.3 Å². The zero-order chi connectivity index (χ0) is 12.8. The Morgan fingerprint density at radius 2 is 1.67 bits per heavy atom. The molecule has 0 radical (unpaired) electrons. The summed E-state index contributed by atoms with van der Waals surface area (Å²) in [6.45, 7) is 2.84. The molecular formula is C16H17NO. The van der Waals surface area contributed by atoms with Crippen molar-refractivity contribution >= 4 is 6.21 Å². The van der Waals surface area contributed by atoms with E-state index in [2.05, 4.69) is 36.2 Å². The molecule has 0 aliphatic carbocycles. The van der Waals surface area contributed by atoms with Crippen LogP contribution in [0.5, 0.6) is 5.75 Å². The van der Waals surface area contributed by atoms with Crippen LogP contribution in [0, 0.1) is 6.92 Å². The number of aryl methyl sites for hydroxylation is 1. The fourth-order valence-electron chi connectivity index (χ4n) is 1.68. The lowest BCUT2D eigenvalue weighted by molar-refractivity contribution is 0.475. The summed E-state index contributed by atoms with van der Waals surface area (Å²) in [5.74, 6) is 0.307. The number of phenolic OH excluding ortho intramolecular Hbond substituents is 1. The standard InChI is InChI=1S/C16H17NO/c1-13-2-4-15(5-3-13)12-17-11-10-14-6-8-16(18)9-7-14/h2-9,12,18H,10-11H2,1H3. The van der Waals surface area contributed by atoms with Gasteiger partial charge in [-0.15, -0.1) is 0 Å². The average Bonchev–Trinajstić information content (AvgIpc) is 2.39. The quantitative estimate of drug-likeness (QED) is 0.815. The van der Waals surface area contributed by atoms with Crippen LogP contribution in [-0.4, -0.2) is 17.9 Å². The highest BCUT2D eigenvalue weighted by atomic mass is 16.3. The van der Waals surface area contributed by atoms with E-state index in [1.807, 2.05) is 18.3 Å². The third kappa shape index (κ3) is 3.74. The molecule has 0 saturated heterocycles. The van der Waals surface area contributed by atoms with Gasteiger partial charge in [-0.1, -0.05) is 42.0 Å². The van der Waals surface area contributed by atoms with Crippen molar-refractivity contribution in [1.82, 2.24) is 0 Å². The van der Waals surface area contributed by atoms with Gasteiger partial charge in [-0.05, 0) is 36.6 Å². The molecule has 0 aromatic heterocycles. The fourth-order valence-corrected chi connectivity index (χ4v) is 1.68. The van der Waals surface area contributed by atoms with Crippen LogP contribution in [0.25, 0.3) is 0 Å². The first-order valence-corrected chi connectivity index (χ1v) is 6.08. The Balaban J connectivity index is 1.84. The number of aromatic hydroxyl groups is 1. The molecule has 0 aliphatic heterocycles. The predicted molar refractivity (Wildman–Crippen MR) is 75.5 cm³/mol. The Morgan fingerprint density at radius 3 is 2.33 bits per heavy atom. The van der Waals surface area contributed by atoms with Gasteiger partial charge in [0.1, 0.15) is 5.75 Å². The first-order chi connectivity index (χ1) is 8.74. The van der Waals surface area contributed by atoms with Crippen molar-refractivity contribution < 1.29 is 5.11 Å². The second-order valence-corrected chi connectivity index (χ2v) is 4.36. The monoisotopic (exact) mass is 239 g/mol. The molecule has 0 spiro atoms. The molecule has 0 heterocycles. The van der Waals surface area contributed by atoms with Gasteiger partial charge < -0.3 is 5.11 Å². The normalized spacial score (nSPS) is 10.9. The molecule has 92 valence electrons. The van der Waals surface area contributed by atoms with Crippen molar-refractivity contribution in [3.05, 3.63) is 65.2 Å². The lowest BCUT2D eigenvalue weighted by atomic mass is 10.1. The van der Waals surface area contributed by atoms with E-state index < -0.39 is 0 Å². The van der Waals surface area contributed by atoms with E-state index in [1.54, 1.807) is 12.1 Å². The Morgan fingerprint density at radius 1 is 1.00 bits per heavy atom. The van der Waals surface area contributed by atoms with Crippen molar-refractivity contribution in [2.75, 3.05) is 6.54 Å². The molecule has 18 heavy (non-hydrogen) atoms. The lowest BCUT2D eigenvalue weighted by Gasteiger charge is -1.98. The smallest absolute Gasteiger partial charge is 0.115 e. The molecule has 2 rings (SSSR count). The van der Waals surface area contributed by atoms with Crippen molar-refractivity contribution in [1.29, 1.82) is 0 Å². The maximum atomic E-state index is 9.17. The number of hydrogen-bond acceptors (Lipinski definition) is 2. The van der Waals surface area contributed by atoms with Crippen molar-refractivity contribution in [3.63, 3.8) is 0 Å². The van der Waals surface area contributed by atoms with Crippen LogP contribution in [0.3, 0.4) is 0 Å². The SMILES string of the molecule is Cc1ccc(C=NCCc2ccc(O)cc2)cc1. The minimum absolute atomic E-state index is 0.307. The van der Waals surface area contributed by atoms with Crippen LogP contribution in [0.1, 0.15) is 16.7 Å². The minimum atomic E-state index is 0.307. The molecule has 0 saturated carbocycles. The summed E-state index contributed by atoms with van der Waals surface area (Å²) in [7, 11) is 0. The first kappa shape index (κ1) is 12.4. The predicted octanol–water partition coefficient (Wildman–Crippen LogP) is 3.36. The van der Waals surface area contributed by atoms with Crippen LogP contribution in [0.4, 0.5) is 0 Å². The number of nitrogens with zero attached hydrogens (tertiary/aromatic N) is 1. The van der Waals surface area contributed by atoms with Gasteiger partial charge in [0.05, 0.1) is 0 Å². The maximum Gasteiger partial charge on any atom is 0.115 e. The van der Waals surface area contributed by atoms with Gasteiger partial charge in [-0.2, -0.15) is 0 Å². The second kappa shape index (κ2) is 6.01. The fraction of sp³-hybridized carbons (Fsp3) is 0.188. The molecule has 0 bridgehead atoms. The van der Waals surface area contributed by atoms with E-state index in [0.29, 0.717) is 5.75 Å². The van der Waals surface area contributed by atoms with Gasteiger partial charge in [0.2, 0.25) is 0 Å². The van der Waals surface area contributed by atoms with Gasteiger partial charge >= 0.3 is 0 Å². The van der Waals surface area contributed by atoms with Gasteiger partial charge in [0.25, 0.3) is 0 Å². The summed E-state index contributed by atoms with van der Waals surface area (Å²) in [5, 5.41) is 9.17. The summed E-state index contributed by atoms with van der Waals surface area (Å²) in [5.41, 5.74) is 3.58. The van der Waals surface area contributed by atoms with Crippen LogP contribution >= 0.6 is 0 Å². The number of rotatable bonds is 4. The van der Waals surface area contributed by atoms with E-state index >= 15 is 0 Å². The number of hydrogen-bond donors (Lipinski definition) is 1. The highest BCUT2D eigenvalue weighted by molar-refractivity contribution is 5.79. The molecule has 0 unspecified atom stereocenters. The van der Waals surface area contributed by atoms with Gasteiger partial charge in [-0.25, -0.2) is 0 Å². The van der Waals surface area contributed by atoms with Crippen LogP contribution < -0.4 is 0 Å². The molecule has 0 amide bonds. The number of phenols is 1. The molecule has 0 aliphatic rings. The van der Waals surface area contributed by atoms with Crippen LogP contribution in [0.2, 0.25) is 0 Å². The largest absolute Gasteiger partial charge is 0.508 e. The van der Waals surface area contributed by atoms with E-state index in [0.717, 1.165) is 18.5 Å². The molecule has 2 nitrogen and oxygen atoms in total. The Kier molecular flexibility index (Phi) is 4.13. The Hall–Kier alpha value is -2.09. The summed E-state index contributed by atoms with van der Waals surface area (Å²) in [6.07, 6.45) is 2.79. The highest BCUT2D eigenvalue weighted by Crippen LogP contribution is 2.10. The second-order valence-electron chi connectivity index (χ2n) is 4.36. The average molecular weight is 239 g/mol. The van der Waals surface area contributed by atoms with Gasteiger partial charge in [-0.3, -0.25) is 4.99 Å². The summed E-state index contributed by atoms with van der Waals surface area (Å²) in [4.78, 5) is 4.40. The van der Waals surface area contributed by atoms with E-state index in [9.17, 15) is 0 Å². The topological polar surface area (TPSA) is 32.6 Å². The highest BCUT2D eigenvalue weighted by Gasteiger charge is 1.92. The summed E-state index contributed by atoms with van der Waals surface area (Å²) in [6, 6.07) is 15.6. The van der Waals surface area contributed by atoms with Crippen molar-refractivity contribution in [3.8, 4) is 5.75 Å². The molecule has 1 N–H and O–H groups in total. The molecule has 2 aromatic carbocycles. The lowest BCUT2D eigenvalue weighted by Crippen LogP contribution is -1.90. The van der Waals surface area contributed by atoms with Crippen molar-refractivity contribution in [2.24, 2.45) is 4.99 Å². The molecule has 2 aromatic rings. The van der Waals surface area contributed by atoms with E-state index in [1.165, 1.54) is 11.1 Å². The van der Waals surface area contributed by atoms with E-state index in [4.69, 9.17) is 5.11 Å². The third-order valence-electron chi connectivity index (χ3n) is 2.78. The Labute approximate surface area is 108 Å². The minimum Gasteiger partial charge on any atom is -0.508 e. The third-order valence-corrected chi connectivity index (χ3v) is 2.78. The van der Waals surface area contributed by atoms with Crippen LogP contribution in [0.15, 0.2) is 53.5 Å². The molecule has 2 heteroatoms. The number of benzene rings is 2. The maximum absolute atomic E-state index is 9.17. The molecule has 0 fully saturated rings. The van der Waals surface area contributed by atoms with E-state index in [-0.39, 0.29) is 0 Å². The molecule has 0 atom stereocenters.